The topological polar surface area (TPSA) is 25.4 Å². The second kappa shape index (κ2) is 12.1. The predicted octanol–water partition coefficient (Wildman–Crippen LogP) is 8.12. The van der Waals surface area contributed by atoms with Gasteiger partial charge in [-0.3, -0.25) is 0 Å². The van der Waals surface area contributed by atoms with Crippen LogP contribution in [0.25, 0.3) is 0 Å². The number of hydrogen-bond acceptors (Lipinski definition) is 2. The average molecular weight is 596 g/mol. The molecule has 1 aromatic heterocycles. The van der Waals surface area contributed by atoms with Gasteiger partial charge in [0.15, 0.2) is 0 Å². The monoisotopic (exact) mass is 597 g/mol. The van der Waals surface area contributed by atoms with Crippen molar-refractivity contribution in [3.63, 3.8) is 0 Å². The number of epoxide rings is 1. The summed E-state index contributed by atoms with van der Waals surface area (Å²) in [7, 11) is 0. The molecule has 1 unspecified atom stereocenters. The molecule has 0 N–H and O–H groups in total. The Morgan fingerprint density at radius 1 is 0.971 bits per heavy atom. The molecule has 1 atom stereocenters. The second-order valence-electron chi connectivity index (χ2n) is 9.59. The summed E-state index contributed by atoms with van der Waals surface area (Å²) >= 11 is -2.68. The van der Waals surface area contributed by atoms with Gasteiger partial charge in [-0.1, -0.05) is 0 Å². The Labute approximate surface area is 210 Å². The molecule has 35 heavy (non-hydrogen) atoms. The molecule has 2 nitrogen and oxygen atoms in total. The van der Waals surface area contributed by atoms with Crippen molar-refractivity contribution in [2.75, 3.05) is 6.61 Å². The Bertz CT molecular complexity index is 1020. The number of ether oxygens (including phenoxy) is 1. The quantitative estimate of drug-likeness (QED) is 0.107. The Kier molecular flexibility index (Phi) is 9.67. The summed E-state index contributed by atoms with van der Waals surface area (Å²) < 4.78 is 70.9. The van der Waals surface area contributed by atoms with Crippen LogP contribution in [0.3, 0.4) is 0 Å². The van der Waals surface area contributed by atoms with Crippen molar-refractivity contribution < 1.29 is 22.3 Å². The van der Waals surface area contributed by atoms with Crippen molar-refractivity contribution in [1.82, 2.24) is 4.98 Å². The minimum atomic E-state index is -3.58. The second-order valence-corrected chi connectivity index (χ2v) is 21.9. The molecule has 3 rings (SSSR count). The van der Waals surface area contributed by atoms with Crippen LogP contribution in [0.15, 0.2) is 36.5 Å². The van der Waals surface area contributed by atoms with Gasteiger partial charge in [0, 0.05) is 0 Å². The van der Waals surface area contributed by atoms with Crippen molar-refractivity contribution in [3.8, 4) is 9.86 Å². The fourth-order valence-electron chi connectivity index (χ4n) is 4.57. The van der Waals surface area contributed by atoms with Crippen LogP contribution < -0.4 is 0 Å². The van der Waals surface area contributed by atoms with Crippen LogP contribution in [-0.2, 0) is 16.3 Å². The summed E-state index contributed by atoms with van der Waals surface area (Å²) in [6.45, 7) is 6.26. The standard InChI is InChI=1S/C16H8F4NO.3C4H9.Sn/c1-2-10-3-6-14(21-8-10)16(19,20)15(9-22-15)12-5-4-11(17)7-13(12)18;3*1-3-4-2;/h3-8H,9H2;3*1,3-4H2,2H3;. The van der Waals surface area contributed by atoms with Crippen LogP contribution in [0.1, 0.15) is 76.1 Å². The van der Waals surface area contributed by atoms with Gasteiger partial charge in [-0.05, 0) is 0 Å². The van der Waals surface area contributed by atoms with Crippen LogP contribution in [0.5, 0.6) is 0 Å². The first-order chi connectivity index (χ1) is 16.7. The number of pyridine rings is 1. The third-order valence-electron chi connectivity index (χ3n) is 6.89. The number of nitrogens with zero attached hydrogens (tertiary/aromatic N) is 1. The van der Waals surface area contributed by atoms with E-state index in [9.17, 15) is 8.78 Å². The molecule has 1 aliphatic heterocycles. The van der Waals surface area contributed by atoms with Gasteiger partial charge < -0.3 is 0 Å². The maximum absolute atomic E-state index is 15.4. The van der Waals surface area contributed by atoms with Gasteiger partial charge in [-0.15, -0.1) is 0 Å². The van der Waals surface area contributed by atoms with E-state index in [1.54, 1.807) is 6.07 Å². The summed E-state index contributed by atoms with van der Waals surface area (Å²) in [5.41, 5.74) is -2.43. The molecule has 0 bridgehead atoms. The molecule has 7 heteroatoms. The van der Waals surface area contributed by atoms with E-state index in [1.807, 2.05) is 0 Å². The van der Waals surface area contributed by atoms with Gasteiger partial charge in [-0.2, -0.15) is 0 Å². The van der Waals surface area contributed by atoms with Crippen LogP contribution in [0.4, 0.5) is 17.6 Å². The number of rotatable bonds is 12. The van der Waals surface area contributed by atoms with Crippen LogP contribution in [-0.4, -0.2) is 30.0 Å². The molecule has 0 aliphatic carbocycles. The summed E-state index contributed by atoms with van der Waals surface area (Å²) in [6.07, 6.45) is 8.44. The number of halogens is 4. The predicted molar refractivity (Wildman–Crippen MR) is 134 cm³/mol. The molecule has 1 aromatic carbocycles. The fraction of sp³-hybridized carbons (Fsp3) is 0.536. The number of hydrogen-bond donors (Lipinski definition) is 0. The van der Waals surface area contributed by atoms with Gasteiger partial charge in [0.25, 0.3) is 0 Å². The molecule has 0 spiro atoms. The van der Waals surface area contributed by atoms with E-state index < -0.39 is 47.2 Å². The maximum atomic E-state index is 15.4. The van der Waals surface area contributed by atoms with E-state index in [-0.39, 0.29) is 12.2 Å². The molecule has 2 heterocycles. The zero-order valence-corrected chi connectivity index (χ0v) is 23.8. The SMILES string of the molecule is CCC[CH2][Sn]([C]#Cc1ccc(C(F)(F)C2(c3ccc(F)cc3F)CO2)nc1)([CH2]CCC)[CH2]CCC. The van der Waals surface area contributed by atoms with Crippen molar-refractivity contribution in [1.29, 1.82) is 0 Å². The molecular formula is C28H35F4NOSn. The van der Waals surface area contributed by atoms with Crippen LogP contribution >= 0.6 is 0 Å². The van der Waals surface area contributed by atoms with Gasteiger partial charge in [0.1, 0.15) is 0 Å². The molecule has 0 radical (unpaired) electrons. The van der Waals surface area contributed by atoms with E-state index in [2.05, 4.69) is 35.6 Å². The Balaban J connectivity index is 1.86. The summed E-state index contributed by atoms with van der Waals surface area (Å²) in [5.74, 6) is -2.17. The molecule has 1 saturated heterocycles. The first-order valence-electron chi connectivity index (χ1n) is 12.7. The van der Waals surface area contributed by atoms with Crippen molar-refractivity contribution >= 4 is 18.4 Å². The number of unbranched alkanes of at least 4 members (excludes halogenated alkanes) is 3. The Morgan fingerprint density at radius 2 is 1.57 bits per heavy atom. The van der Waals surface area contributed by atoms with Crippen LogP contribution in [0, 0.1) is 21.5 Å². The van der Waals surface area contributed by atoms with Gasteiger partial charge >= 0.3 is 207 Å². The minimum absolute atomic E-state index is 0.365. The number of benzene rings is 1. The summed E-state index contributed by atoms with van der Waals surface area (Å²) in [6, 6.07) is 5.38. The zero-order valence-electron chi connectivity index (χ0n) is 20.9. The van der Waals surface area contributed by atoms with Crippen LogP contribution in [0.2, 0.25) is 13.3 Å². The van der Waals surface area contributed by atoms with E-state index in [0.717, 1.165) is 31.4 Å². The zero-order chi connectivity index (χ0) is 25.5. The molecular weight excluding hydrogens is 561 g/mol. The van der Waals surface area contributed by atoms with Crippen molar-refractivity contribution in [3.05, 3.63) is 65.0 Å². The van der Waals surface area contributed by atoms with Crippen molar-refractivity contribution in [2.45, 2.75) is 84.1 Å². The van der Waals surface area contributed by atoms with E-state index in [0.29, 0.717) is 11.6 Å². The molecule has 190 valence electrons. The molecule has 2 aromatic rings. The molecule has 1 fully saturated rings. The molecule has 1 aliphatic rings. The normalized spacial score (nSPS) is 17.7. The van der Waals surface area contributed by atoms with E-state index >= 15 is 8.78 Å². The van der Waals surface area contributed by atoms with E-state index in [4.69, 9.17) is 4.74 Å². The van der Waals surface area contributed by atoms with Gasteiger partial charge in [-0.25, -0.2) is 4.39 Å². The average Bonchev–Trinajstić information content (AvgIpc) is 3.66. The number of aromatic nitrogens is 1. The number of alkyl halides is 2. The Morgan fingerprint density at radius 3 is 2.03 bits per heavy atom. The fourth-order valence-corrected chi connectivity index (χ4v) is 17.8. The first kappa shape index (κ1) is 28.0. The van der Waals surface area contributed by atoms with Crippen molar-refractivity contribution in [2.24, 2.45) is 0 Å². The Hall–Kier alpha value is -1.59. The van der Waals surface area contributed by atoms with Gasteiger partial charge in [0.05, 0.1) is 0 Å². The third kappa shape index (κ3) is 6.40. The third-order valence-corrected chi connectivity index (χ3v) is 20.0. The summed E-state index contributed by atoms with van der Waals surface area (Å²) in [5, 5.41) is 0. The van der Waals surface area contributed by atoms with Gasteiger partial charge in [0.2, 0.25) is 0 Å². The molecule has 0 amide bonds. The summed E-state index contributed by atoms with van der Waals surface area (Å²) in [4.78, 5) is 4.01. The molecule has 0 saturated carbocycles. The van der Waals surface area contributed by atoms with E-state index in [1.165, 1.54) is 44.8 Å². The first-order valence-corrected chi connectivity index (χ1v) is 20.2.